The van der Waals surface area contributed by atoms with Gasteiger partial charge in [0.1, 0.15) is 0 Å². The summed E-state index contributed by atoms with van der Waals surface area (Å²) in [6.07, 6.45) is 4.48. The molecule has 30 heavy (non-hydrogen) atoms. The van der Waals surface area contributed by atoms with E-state index in [1.165, 1.54) is 0 Å². The van der Waals surface area contributed by atoms with E-state index >= 15 is 0 Å². The molecule has 4 saturated carbocycles. The Kier molecular flexibility index (Phi) is 5.04. The van der Waals surface area contributed by atoms with Gasteiger partial charge in [0.2, 0.25) is 0 Å². The highest BCUT2D eigenvalue weighted by Crippen LogP contribution is 2.61. The van der Waals surface area contributed by atoms with E-state index in [1.807, 2.05) is 12.1 Å². The molecule has 4 aliphatic rings. The molecule has 0 heterocycles. The summed E-state index contributed by atoms with van der Waals surface area (Å²) in [6, 6.07) is 7.12. The fourth-order valence-corrected chi connectivity index (χ4v) is 6.09. The first-order valence-corrected chi connectivity index (χ1v) is 10.8. The Labute approximate surface area is 177 Å². The Morgan fingerprint density at radius 3 is 2.20 bits per heavy atom. The summed E-state index contributed by atoms with van der Waals surface area (Å²) in [4.78, 5) is 37.3. The van der Waals surface area contributed by atoms with E-state index in [0.717, 1.165) is 37.7 Å². The van der Waals surface area contributed by atoms with Crippen LogP contribution in [0.3, 0.4) is 0 Å². The number of hydrogen-bond acceptors (Lipinski definition) is 5. The van der Waals surface area contributed by atoms with Crippen molar-refractivity contribution in [2.75, 3.05) is 6.61 Å². The molecular formula is C24H31NO5. The van der Waals surface area contributed by atoms with E-state index < -0.39 is 35.4 Å². The lowest BCUT2D eigenvalue weighted by molar-refractivity contribution is -0.196. The summed E-state index contributed by atoms with van der Waals surface area (Å²) in [5.41, 5.74) is 0.0121. The summed E-state index contributed by atoms with van der Waals surface area (Å²) >= 11 is 0. The monoisotopic (exact) mass is 413 g/mol. The predicted octanol–water partition coefficient (Wildman–Crippen LogP) is 3.12. The van der Waals surface area contributed by atoms with Crippen LogP contribution < -0.4 is 5.32 Å². The van der Waals surface area contributed by atoms with Crippen LogP contribution in [0.4, 0.5) is 0 Å². The molecule has 4 fully saturated rings. The molecule has 6 heteroatoms. The highest BCUT2D eigenvalue weighted by molar-refractivity contribution is 6.05. The van der Waals surface area contributed by atoms with E-state index in [9.17, 15) is 19.5 Å². The standard InChI is InChI=1S/C24H31NO5/c1-22(2,3)18-6-4-17(5-7-18)20(27)25-19(26)13-30-21(28)23-9-15-8-16(10-23)12-24(29,11-15)14-23/h4-7,15-16,29H,8-14H2,1-3H3,(H,25,26,27)/t15-,16+,23?,24?. The number of aliphatic hydroxyl groups is 1. The first-order chi connectivity index (χ1) is 14.0. The Morgan fingerprint density at radius 2 is 1.67 bits per heavy atom. The summed E-state index contributed by atoms with van der Waals surface area (Å²) < 4.78 is 5.32. The SMILES string of the molecule is CC(C)(C)c1ccc(C(=O)NC(=O)COC(=O)C23C[C@@H]4C[C@@H](CC(O)(C4)C2)C3)cc1. The van der Waals surface area contributed by atoms with E-state index in [4.69, 9.17) is 4.74 Å². The zero-order valence-corrected chi connectivity index (χ0v) is 18.0. The van der Waals surface area contributed by atoms with Crippen molar-refractivity contribution in [3.8, 4) is 0 Å². The van der Waals surface area contributed by atoms with E-state index in [2.05, 4.69) is 26.1 Å². The second-order valence-corrected chi connectivity index (χ2v) is 10.7. The van der Waals surface area contributed by atoms with Crippen LogP contribution in [0.2, 0.25) is 0 Å². The maximum atomic E-state index is 12.8. The molecule has 0 spiro atoms. The van der Waals surface area contributed by atoms with Gasteiger partial charge in [-0.05, 0) is 73.5 Å². The van der Waals surface area contributed by atoms with Gasteiger partial charge in [-0.3, -0.25) is 19.7 Å². The minimum absolute atomic E-state index is 0.0244. The van der Waals surface area contributed by atoms with Crippen molar-refractivity contribution < 1.29 is 24.2 Å². The van der Waals surface area contributed by atoms with Gasteiger partial charge in [0.05, 0.1) is 11.0 Å². The highest BCUT2D eigenvalue weighted by atomic mass is 16.5. The van der Waals surface area contributed by atoms with Crippen molar-refractivity contribution in [3.63, 3.8) is 0 Å². The Morgan fingerprint density at radius 1 is 1.07 bits per heavy atom. The Balaban J connectivity index is 1.32. The quantitative estimate of drug-likeness (QED) is 0.740. The van der Waals surface area contributed by atoms with Crippen LogP contribution in [0.5, 0.6) is 0 Å². The molecule has 4 bridgehead atoms. The van der Waals surface area contributed by atoms with Gasteiger partial charge < -0.3 is 9.84 Å². The predicted molar refractivity (Wildman–Crippen MR) is 111 cm³/mol. The van der Waals surface area contributed by atoms with Crippen LogP contribution >= 0.6 is 0 Å². The van der Waals surface area contributed by atoms with Gasteiger partial charge in [0.15, 0.2) is 6.61 Å². The summed E-state index contributed by atoms with van der Waals surface area (Å²) in [5, 5.41) is 13.1. The molecule has 1 aromatic carbocycles. The summed E-state index contributed by atoms with van der Waals surface area (Å²) in [6.45, 7) is 5.77. The van der Waals surface area contributed by atoms with Gasteiger partial charge in [-0.1, -0.05) is 32.9 Å². The molecule has 0 aromatic heterocycles. The van der Waals surface area contributed by atoms with Crippen molar-refractivity contribution in [3.05, 3.63) is 35.4 Å². The van der Waals surface area contributed by atoms with Crippen LogP contribution in [0.15, 0.2) is 24.3 Å². The maximum Gasteiger partial charge on any atom is 0.312 e. The third kappa shape index (κ3) is 4.02. The zero-order chi connectivity index (χ0) is 21.7. The molecule has 1 aromatic rings. The molecule has 6 nitrogen and oxygen atoms in total. The number of carbonyl (C=O) groups excluding carboxylic acids is 3. The van der Waals surface area contributed by atoms with E-state index in [0.29, 0.717) is 23.8 Å². The number of ether oxygens (including phenoxy) is 1. The number of benzene rings is 1. The van der Waals surface area contributed by atoms with Crippen molar-refractivity contribution in [1.82, 2.24) is 5.32 Å². The Hall–Kier alpha value is -2.21. The molecule has 4 atom stereocenters. The number of esters is 1. The second kappa shape index (κ2) is 7.19. The number of rotatable bonds is 4. The largest absolute Gasteiger partial charge is 0.455 e. The average molecular weight is 414 g/mol. The maximum absolute atomic E-state index is 12.8. The number of amides is 2. The van der Waals surface area contributed by atoms with Crippen LogP contribution in [-0.2, 0) is 19.7 Å². The van der Waals surface area contributed by atoms with Crippen molar-refractivity contribution >= 4 is 17.8 Å². The first-order valence-electron chi connectivity index (χ1n) is 10.8. The first kappa shape index (κ1) is 21.0. The highest BCUT2D eigenvalue weighted by Gasteiger charge is 2.60. The van der Waals surface area contributed by atoms with Crippen molar-refractivity contribution in [2.24, 2.45) is 17.3 Å². The fraction of sp³-hybridized carbons (Fsp3) is 0.625. The minimum atomic E-state index is -0.763. The van der Waals surface area contributed by atoms with E-state index in [1.54, 1.807) is 12.1 Å². The van der Waals surface area contributed by atoms with Crippen LogP contribution in [0.25, 0.3) is 0 Å². The van der Waals surface area contributed by atoms with Crippen LogP contribution in [0, 0.1) is 17.3 Å². The van der Waals surface area contributed by atoms with Gasteiger partial charge in [0, 0.05) is 5.56 Å². The Bertz CT molecular complexity index is 853. The average Bonchev–Trinajstić information content (AvgIpc) is 2.63. The number of imide groups is 1. The normalized spacial score (nSPS) is 32.0. The van der Waals surface area contributed by atoms with E-state index in [-0.39, 0.29) is 5.41 Å². The van der Waals surface area contributed by atoms with Gasteiger partial charge in [-0.2, -0.15) is 0 Å². The lowest BCUT2D eigenvalue weighted by atomic mass is 9.48. The molecule has 0 radical (unpaired) electrons. The summed E-state index contributed by atoms with van der Waals surface area (Å²) in [7, 11) is 0. The van der Waals surface area contributed by atoms with Gasteiger partial charge in [0.25, 0.3) is 11.8 Å². The molecule has 0 aliphatic heterocycles. The molecule has 162 valence electrons. The van der Waals surface area contributed by atoms with Crippen molar-refractivity contribution in [1.29, 1.82) is 0 Å². The molecule has 5 rings (SSSR count). The molecule has 2 N–H and O–H groups in total. The topological polar surface area (TPSA) is 92.7 Å². The zero-order valence-electron chi connectivity index (χ0n) is 18.0. The van der Waals surface area contributed by atoms with Crippen molar-refractivity contribution in [2.45, 2.75) is 70.3 Å². The summed E-state index contributed by atoms with van der Waals surface area (Å²) in [5.74, 6) is -0.852. The third-order valence-electron chi connectivity index (χ3n) is 7.06. The fourth-order valence-electron chi connectivity index (χ4n) is 6.09. The van der Waals surface area contributed by atoms with Crippen LogP contribution in [0.1, 0.15) is 75.2 Å². The smallest absolute Gasteiger partial charge is 0.312 e. The van der Waals surface area contributed by atoms with Gasteiger partial charge >= 0.3 is 5.97 Å². The molecule has 2 amide bonds. The van der Waals surface area contributed by atoms with Gasteiger partial charge in [-0.25, -0.2) is 0 Å². The lowest BCUT2D eigenvalue weighted by Gasteiger charge is -2.58. The number of hydrogen-bond donors (Lipinski definition) is 2. The van der Waals surface area contributed by atoms with Gasteiger partial charge in [-0.15, -0.1) is 0 Å². The molecule has 4 aliphatic carbocycles. The third-order valence-corrected chi connectivity index (χ3v) is 7.06. The second-order valence-electron chi connectivity index (χ2n) is 10.7. The molecular weight excluding hydrogens is 382 g/mol. The van der Waals surface area contributed by atoms with Crippen LogP contribution in [-0.4, -0.2) is 35.1 Å². The minimum Gasteiger partial charge on any atom is -0.455 e. The number of nitrogens with one attached hydrogen (secondary N) is 1. The molecule has 2 unspecified atom stereocenters. The molecule has 0 saturated heterocycles. The number of carbonyl (C=O) groups is 3. The lowest BCUT2D eigenvalue weighted by Crippen LogP contribution is -2.58.